The molecule has 192 valence electrons. The van der Waals surface area contributed by atoms with E-state index in [0.29, 0.717) is 11.5 Å². The summed E-state index contributed by atoms with van der Waals surface area (Å²) >= 11 is 0. The Morgan fingerprint density at radius 3 is 2.03 bits per heavy atom. The van der Waals surface area contributed by atoms with Gasteiger partial charge in [0.2, 0.25) is 5.75 Å². The number of ether oxygens (including phenoxy) is 1. The van der Waals surface area contributed by atoms with Gasteiger partial charge in [-0.1, -0.05) is 44.8 Å². The molecule has 2 aliphatic carbocycles. The third-order valence-electron chi connectivity index (χ3n) is 7.81. The Labute approximate surface area is 201 Å². The average Bonchev–Trinajstić information content (AvgIpc) is 2.80. The SMILES string of the molecule is CCCCCC1CCC(/C=C/CCC2CCC(c3cc(F)c(OC(F)(F)F)c(F)c3)CC2)CC1. The Hall–Kier alpha value is -1.59. The predicted molar refractivity (Wildman–Crippen MR) is 126 cm³/mol. The van der Waals surface area contributed by atoms with E-state index < -0.39 is 23.7 Å². The third-order valence-corrected chi connectivity index (χ3v) is 7.81. The number of hydrogen-bond acceptors (Lipinski definition) is 1. The van der Waals surface area contributed by atoms with Crippen molar-refractivity contribution in [3.63, 3.8) is 0 Å². The molecule has 0 amide bonds. The van der Waals surface area contributed by atoms with Crippen molar-refractivity contribution in [3.8, 4) is 5.75 Å². The van der Waals surface area contributed by atoms with E-state index in [-0.39, 0.29) is 5.92 Å². The van der Waals surface area contributed by atoms with Crippen LogP contribution in [0.2, 0.25) is 0 Å². The van der Waals surface area contributed by atoms with Crippen molar-refractivity contribution < 1.29 is 26.7 Å². The summed E-state index contributed by atoms with van der Waals surface area (Å²) < 4.78 is 68.6. The normalized spacial score (nSPS) is 26.2. The fourth-order valence-corrected chi connectivity index (χ4v) is 5.79. The van der Waals surface area contributed by atoms with Crippen LogP contribution in [0.15, 0.2) is 24.3 Å². The van der Waals surface area contributed by atoms with E-state index >= 15 is 0 Å². The standard InChI is InChI=1S/C28H39F5O/c1-2-3-4-7-20-10-12-21(13-11-20)8-5-6-9-22-14-16-23(17-15-22)24-18-25(29)27(26(30)19-24)34-28(31,32)33/h5,8,18-23H,2-4,6-7,9-17H2,1H3/b8-5+. The Kier molecular flexibility index (Phi) is 10.3. The van der Waals surface area contributed by atoms with Crippen molar-refractivity contribution in [3.05, 3.63) is 41.5 Å². The molecule has 0 aromatic heterocycles. The molecule has 1 aromatic carbocycles. The zero-order valence-electron chi connectivity index (χ0n) is 20.3. The lowest BCUT2D eigenvalue weighted by atomic mass is 9.77. The number of halogens is 5. The van der Waals surface area contributed by atoms with Crippen LogP contribution in [0.4, 0.5) is 22.0 Å². The third kappa shape index (κ3) is 8.57. The van der Waals surface area contributed by atoms with Crippen LogP contribution in [0.1, 0.15) is 108 Å². The van der Waals surface area contributed by atoms with Crippen LogP contribution in [0, 0.1) is 29.4 Å². The van der Waals surface area contributed by atoms with E-state index in [1.165, 1.54) is 51.4 Å². The fourth-order valence-electron chi connectivity index (χ4n) is 5.79. The van der Waals surface area contributed by atoms with Gasteiger partial charge in [-0.2, -0.15) is 0 Å². The van der Waals surface area contributed by atoms with Crippen molar-refractivity contribution in [2.45, 2.75) is 109 Å². The second kappa shape index (κ2) is 12.9. The van der Waals surface area contributed by atoms with Gasteiger partial charge in [-0.3, -0.25) is 0 Å². The number of benzene rings is 1. The minimum atomic E-state index is -5.12. The molecule has 2 aliphatic rings. The van der Waals surface area contributed by atoms with Gasteiger partial charge < -0.3 is 4.74 Å². The van der Waals surface area contributed by atoms with Crippen LogP contribution in [-0.2, 0) is 0 Å². The minimum absolute atomic E-state index is 0.0248. The molecule has 1 nitrogen and oxygen atoms in total. The first kappa shape index (κ1) is 27.0. The molecule has 0 heterocycles. The van der Waals surface area contributed by atoms with E-state index in [9.17, 15) is 22.0 Å². The van der Waals surface area contributed by atoms with Gasteiger partial charge in [0.05, 0.1) is 0 Å². The molecule has 1 aromatic rings. The number of allylic oxidation sites excluding steroid dienone is 2. The first-order valence-corrected chi connectivity index (χ1v) is 13.2. The maximum atomic E-state index is 14.1. The molecular weight excluding hydrogens is 447 g/mol. The molecule has 0 saturated heterocycles. The molecule has 2 saturated carbocycles. The number of hydrogen-bond donors (Lipinski definition) is 0. The van der Waals surface area contributed by atoms with Crippen LogP contribution in [0.3, 0.4) is 0 Å². The zero-order chi connectivity index (χ0) is 24.6. The number of rotatable bonds is 10. The largest absolute Gasteiger partial charge is 0.573 e. The van der Waals surface area contributed by atoms with Crippen LogP contribution in [0.5, 0.6) is 5.75 Å². The minimum Gasteiger partial charge on any atom is -0.399 e. The molecule has 0 aliphatic heterocycles. The molecule has 0 N–H and O–H groups in total. The van der Waals surface area contributed by atoms with Crippen LogP contribution in [0.25, 0.3) is 0 Å². The van der Waals surface area contributed by atoms with Crippen molar-refractivity contribution >= 4 is 0 Å². The second-order valence-electron chi connectivity index (χ2n) is 10.4. The van der Waals surface area contributed by atoms with E-state index in [0.717, 1.165) is 62.5 Å². The molecular formula is C28H39F5O. The van der Waals surface area contributed by atoms with Gasteiger partial charge in [0, 0.05) is 0 Å². The summed E-state index contributed by atoms with van der Waals surface area (Å²) in [4.78, 5) is 0. The lowest BCUT2D eigenvalue weighted by Crippen LogP contribution is -2.19. The van der Waals surface area contributed by atoms with Crippen LogP contribution < -0.4 is 4.74 Å². The van der Waals surface area contributed by atoms with Crippen molar-refractivity contribution in [1.29, 1.82) is 0 Å². The maximum Gasteiger partial charge on any atom is 0.573 e. The molecule has 34 heavy (non-hydrogen) atoms. The summed E-state index contributed by atoms with van der Waals surface area (Å²) in [7, 11) is 0. The van der Waals surface area contributed by atoms with Gasteiger partial charge in [0.25, 0.3) is 0 Å². The molecule has 0 atom stereocenters. The Bertz CT molecular complexity index is 748. The summed E-state index contributed by atoms with van der Waals surface area (Å²) in [6, 6.07) is 1.99. The summed E-state index contributed by atoms with van der Waals surface area (Å²) in [5, 5.41) is 0. The summed E-state index contributed by atoms with van der Waals surface area (Å²) in [6.07, 6.45) is 16.2. The maximum absolute atomic E-state index is 14.1. The van der Waals surface area contributed by atoms with E-state index in [1.807, 2.05) is 0 Å². The van der Waals surface area contributed by atoms with Gasteiger partial charge in [-0.15, -0.1) is 13.2 Å². The molecule has 0 unspecified atom stereocenters. The van der Waals surface area contributed by atoms with E-state index in [4.69, 9.17) is 0 Å². The Morgan fingerprint density at radius 2 is 1.44 bits per heavy atom. The first-order valence-electron chi connectivity index (χ1n) is 13.2. The Morgan fingerprint density at radius 1 is 0.853 bits per heavy atom. The Balaban J connectivity index is 1.36. The highest BCUT2D eigenvalue weighted by atomic mass is 19.4. The number of unbranched alkanes of at least 4 members (excludes halogenated alkanes) is 2. The lowest BCUT2D eigenvalue weighted by molar-refractivity contribution is -0.276. The molecule has 0 spiro atoms. The first-order chi connectivity index (χ1) is 16.2. The molecule has 0 bridgehead atoms. The number of alkyl halides is 3. The van der Waals surface area contributed by atoms with Crippen molar-refractivity contribution in [2.24, 2.45) is 17.8 Å². The fraction of sp³-hybridized carbons (Fsp3) is 0.714. The predicted octanol–water partition coefficient (Wildman–Crippen LogP) is 9.86. The summed E-state index contributed by atoms with van der Waals surface area (Å²) in [5.41, 5.74) is 0.424. The van der Waals surface area contributed by atoms with Gasteiger partial charge in [-0.25, -0.2) is 8.78 Å². The summed E-state index contributed by atoms with van der Waals surface area (Å²) in [6.45, 7) is 2.26. The monoisotopic (exact) mass is 486 g/mol. The van der Waals surface area contributed by atoms with E-state index in [2.05, 4.69) is 23.8 Å². The van der Waals surface area contributed by atoms with Crippen LogP contribution in [-0.4, -0.2) is 6.36 Å². The van der Waals surface area contributed by atoms with Gasteiger partial charge in [0.1, 0.15) is 0 Å². The van der Waals surface area contributed by atoms with Gasteiger partial charge >= 0.3 is 6.36 Å². The zero-order valence-corrected chi connectivity index (χ0v) is 20.3. The highest BCUT2D eigenvalue weighted by molar-refractivity contribution is 5.33. The van der Waals surface area contributed by atoms with Crippen molar-refractivity contribution in [2.75, 3.05) is 0 Å². The van der Waals surface area contributed by atoms with Gasteiger partial charge in [-0.05, 0) is 106 Å². The van der Waals surface area contributed by atoms with Gasteiger partial charge in [0.15, 0.2) is 11.6 Å². The smallest absolute Gasteiger partial charge is 0.399 e. The van der Waals surface area contributed by atoms with Crippen LogP contribution >= 0.6 is 0 Å². The van der Waals surface area contributed by atoms with E-state index in [1.54, 1.807) is 0 Å². The quantitative estimate of drug-likeness (QED) is 0.182. The van der Waals surface area contributed by atoms with Crippen molar-refractivity contribution in [1.82, 2.24) is 0 Å². The molecule has 3 rings (SSSR count). The average molecular weight is 487 g/mol. The topological polar surface area (TPSA) is 9.23 Å². The molecule has 2 fully saturated rings. The second-order valence-corrected chi connectivity index (χ2v) is 10.4. The lowest BCUT2D eigenvalue weighted by Gasteiger charge is -2.29. The summed E-state index contributed by atoms with van der Waals surface area (Å²) in [5.74, 6) is -1.74. The molecule has 6 heteroatoms. The highest BCUT2D eigenvalue weighted by Gasteiger charge is 2.34. The highest BCUT2D eigenvalue weighted by Crippen LogP contribution is 2.40. The molecule has 0 radical (unpaired) electrons.